The molecule has 0 bridgehead atoms. The first-order chi connectivity index (χ1) is 10.0. The third-order valence-electron chi connectivity index (χ3n) is 3.63. The van der Waals surface area contributed by atoms with E-state index in [0.717, 1.165) is 23.3 Å². The number of hydrogen-bond donors (Lipinski definition) is 1. The molecule has 0 amide bonds. The maximum Gasteiger partial charge on any atom is 0.125 e. The van der Waals surface area contributed by atoms with Crippen LogP contribution in [-0.2, 0) is 12.8 Å². The van der Waals surface area contributed by atoms with Crippen LogP contribution in [0, 0.1) is 5.82 Å². The SMILES string of the molecule is NC(Cc1cc(Cl)cc2c1OCC2)c1ccc(F)cc1Cl. The van der Waals surface area contributed by atoms with Gasteiger partial charge in [0.1, 0.15) is 11.6 Å². The fourth-order valence-electron chi connectivity index (χ4n) is 2.65. The second kappa shape index (κ2) is 5.84. The lowest BCUT2D eigenvalue weighted by atomic mass is 9.97. The molecule has 0 spiro atoms. The minimum Gasteiger partial charge on any atom is -0.493 e. The average Bonchev–Trinajstić information content (AvgIpc) is 2.86. The van der Waals surface area contributed by atoms with Gasteiger partial charge in [0, 0.05) is 22.5 Å². The van der Waals surface area contributed by atoms with E-state index in [0.29, 0.717) is 28.6 Å². The maximum absolute atomic E-state index is 13.1. The zero-order valence-electron chi connectivity index (χ0n) is 11.2. The number of nitrogens with two attached hydrogens (primary N) is 1. The van der Waals surface area contributed by atoms with Gasteiger partial charge in [0.15, 0.2) is 0 Å². The smallest absolute Gasteiger partial charge is 0.125 e. The Morgan fingerprint density at radius 2 is 2.05 bits per heavy atom. The predicted molar refractivity (Wildman–Crippen MR) is 82.7 cm³/mol. The Morgan fingerprint density at radius 1 is 1.24 bits per heavy atom. The van der Waals surface area contributed by atoms with Gasteiger partial charge in [-0.2, -0.15) is 0 Å². The lowest BCUT2D eigenvalue weighted by Crippen LogP contribution is -2.14. The molecule has 21 heavy (non-hydrogen) atoms. The van der Waals surface area contributed by atoms with Gasteiger partial charge in [0.25, 0.3) is 0 Å². The van der Waals surface area contributed by atoms with Gasteiger partial charge in [-0.1, -0.05) is 29.3 Å². The van der Waals surface area contributed by atoms with Crippen molar-refractivity contribution in [3.8, 4) is 5.75 Å². The predicted octanol–water partition coefficient (Wildman–Crippen LogP) is 4.31. The molecular weight excluding hydrogens is 312 g/mol. The van der Waals surface area contributed by atoms with Crippen molar-refractivity contribution < 1.29 is 9.13 Å². The molecule has 0 fully saturated rings. The van der Waals surface area contributed by atoms with Crippen LogP contribution in [0.15, 0.2) is 30.3 Å². The fraction of sp³-hybridized carbons (Fsp3) is 0.250. The third-order valence-corrected chi connectivity index (χ3v) is 4.17. The molecule has 2 nitrogen and oxygen atoms in total. The molecule has 1 atom stereocenters. The summed E-state index contributed by atoms with van der Waals surface area (Å²) in [6.07, 6.45) is 1.39. The van der Waals surface area contributed by atoms with Crippen molar-refractivity contribution in [3.05, 3.63) is 62.9 Å². The largest absolute Gasteiger partial charge is 0.493 e. The van der Waals surface area contributed by atoms with Crippen molar-refractivity contribution in [1.29, 1.82) is 0 Å². The fourth-order valence-corrected chi connectivity index (χ4v) is 3.22. The molecule has 0 aliphatic carbocycles. The number of ether oxygens (including phenoxy) is 1. The molecule has 3 rings (SSSR count). The van der Waals surface area contributed by atoms with Gasteiger partial charge in [-0.25, -0.2) is 4.39 Å². The van der Waals surface area contributed by atoms with Gasteiger partial charge in [-0.3, -0.25) is 0 Å². The van der Waals surface area contributed by atoms with E-state index < -0.39 is 0 Å². The van der Waals surface area contributed by atoms with Gasteiger partial charge >= 0.3 is 0 Å². The Labute approximate surface area is 132 Å². The summed E-state index contributed by atoms with van der Waals surface area (Å²) >= 11 is 12.2. The monoisotopic (exact) mass is 325 g/mol. The molecule has 110 valence electrons. The maximum atomic E-state index is 13.1. The highest BCUT2D eigenvalue weighted by atomic mass is 35.5. The Bertz CT molecular complexity index is 690. The molecule has 1 unspecified atom stereocenters. The van der Waals surface area contributed by atoms with E-state index in [4.69, 9.17) is 33.7 Å². The molecule has 0 aromatic heterocycles. The molecular formula is C16H14Cl2FNO. The highest BCUT2D eigenvalue weighted by Crippen LogP contribution is 2.35. The van der Waals surface area contributed by atoms with E-state index in [2.05, 4.69) is 0 Å². The van der Waals surface area contributed by atoms with Crippen LogP contribution in [0.5, 0.6) is 5.75 Å². The van der Waals surface area contributed by atoms with Crippen molar-refractivity contribution in [2.75, 3.05) is 6.61 Å². The first kappa shape index (κ1) is 14.6. The molecule has 1 aliphatic rings. The van der Waals surface area contributed by atoms with E-state index in [1.807, 2.05) is 12.1 Å². The summed E-state index contributed by atoms with van der Waals surface area (Å²) in [7, 11) is 0. The average molecular weight is 326 g/mol. The Kier molecular flexibility index (Phi) is 4.07. The van der Waals surface area contributed by atoms with Gasteiger partial charge in [-0.15, -0.1) is 0 Å². The van der Waals surface area contributed by atoms with Crippen LogP contribution in [0.25, 0.3) is 0 Å². The van der Waals surface area contributed by atoms with Crippen molar-refractivity contribution >= 4 is 23.2 Å². The number of fused-ring (bicyclic) bond motifs is 1. The van der Waals surface area contributed by atoms with Crippen LogP contribution in [-0.4, -0.2) is 6.61 Å². The highest BCUT2D eigenvalue weighted by Gasteiger charge is 2.20. The molecule has 2 aromatic carbocycles. The van der Waals surface area contributed by atoms with E-state index in [1.165, 1.54) is 12.1 Å². The lowest BCUT2D eigenvalue weighted by Gasteiger charge is -2.16. The molecule has 2 N–H and O–H groups in total. The Balaban J connectivity index is 1.90. The van der Waals surface area contributed by atoms with Crippen molar-refractivity contribution in [2.24, 2.45) is 5.73 Å². The van der Waals surface area contributed by atoms with E-state index in [-0.39, 0.29) is 11.9 Å². The van der Waals surface area contributed by atoms with Crippen molar-refractivity contribution in [2.45, 2.75) is 18.9 Å². The summed E-state index contributed by atoms with van der Waals surface area (Å²) in [5.74, 6) is 0.496. The van der Waals surface area contributed by atoms with Crippen LogP contribution < -0.4 is 10.5 Å². The van der Waals surface area contributed by atoms with Crippen LogP contribution in [0.4, 0.5) is 4.39 Å². The van der Waals surface area contributed by atoms with E-state index in [9.17, 15) is 4.39 Å². The minimum atomic E-state index is -0.372. The quantitative estimate of drug-likeness (QED) is 0.912. The van der Waals surface area contributed by atoms with Crippen molar-refractivity contribution in [1.82, 2.24) is 0 Å². The normalized spacial score (nSPS) is 14.7. The van der Waals surface area contributed by atoms with Gasteiger partial charge in [-0.05, 0) is 47.4 Å². The number of benzene rings is 2. The molecule has 5 heteroatoms. The minimum absolute atomic E-state index is 0.335. The highest BCUT2D eigenvalue weighted by molar-refractivity contribution is 6.31. The van der Waals surface area contributed by atoms with Crippen molar-refractivity contribution in [3.63, 3.8) is 0 Å². The molecule has 0 radical (unpaired) electrons. The summed E-state index contributed by atoms with van der Waals surface area (Å²) in [6, 6.07) is 7.70. The molecule has 0 saturated carbocycles. The zero-order valence-corrected chi connectivity index (χ0v) is 12.7. The van der Waals surface area contributed by atoms with E-state index >= 15 is 0 Å². The van der Waals surface area contributed by atoms with E-state index in [1.54, 1.807) is 6.07 Å². The van der Waals surface area contributed by atoms with Crippen LogP contribution >= 0.6 is 23.2 Å². The Hall–Kier alpha value is -1.29. The molecule has 1 heterocycles. The third kappa shape index (κ3) is 3.00. The van der Waals surface area contributed by atoms with Gasteiger partial charge in [0.2, 0.25) is 0 Å². The van der Waals surface area contributed by atoms with Crippen LogP contribution in [0.3, 0.4) is 0 Å². The van der Waals surface area contributed by atoms with Gasteiger partial charge in [0.05, 0.1) is 6.61 Å². The summed E-state index contributed by atoms with van der Waals surface area (Å²) in [5.41, 5.74) is 9.00. The number of halogens is 3. The first-order valence-electron chi connectivity index (χ1n) is 6.69. The first-order valence-corrected chi connectivity index (χ1v) is 7.45. The number of hydrogen-bond acceptors (Lipinski definition) is 2. The van der Waals surface area contributed by atoms with Crippen LogP contribution in [0.1, 0.15) is 22.7 Å². The molecule has 2 aromatic rings. The lowest BCUT2D eigenvalue weighted by molar-refractivity contribution is 0.352. The summed E-state index contributed by atoms with van der Waals surface area (Å²) in [5, 5.41) is 1.01. The summed E-state index contributed by atoms with van der Waals surface area (Å²) in [6.45, 7) is 0.662. The second-order valence-corrected chi connectivity index (χ2v) is 5.97. The second-order valence-electron chi connectivity index (χ2n) is 5.13. The molecule has 0 saturated heterocycles. The summed E-state index contributed by atoms with van der Waals surface area (Å²) in [4.78, 5) is 0. The van der Waals surface area contributed by atoms with Gasteiger partial charge < -0.3 is 10.5 Å². The zero-order chi connectivity index (χ0) is 15.0. The van der Waals surface area contributed by atoms with Crippen LogP contribution in [0.2, 0.25) is 10.0 Å². The topological polar surface area (TPSA) is 35.2 Å². The standard InChI is InChI=1S/C16H14Cl2FNO/c17-11-5-9-3-4-21-16(9)10(6-11)7-15(20)13-2-1-12(19)8-14(13)18/h1-2,5-6,8,15H,3-4,7,20H2. The summed E-state index contributed by atoms with van der Waals surface area (Å²) < 4.78 is 18.8. The molecule has 1 aliphatic heterocycles. The Morgan fingerprint density at radius 3 is 2.81 bits per heavy atom. The number of rotatable bonds is 3.